The van der Waals surface area contributed by atoms with E-state index in [1.807, 2.05) is 65.4 Å². The fourth-order valence-electron chi connectivity index (χ4n) is 2.88. The summed E-state index contributed by atoms with van der Waals surface area (Å²) >= 11 is 1.72. The van der Waals surface area contributed by atoms with Crippen LogP contribution in [0.1, 0.15) is 28.8 Å². The summed E-state index contributed by atoms with van der Waals surface area (Å²) in [6.07, 6.45) is 6.13. The van der Waals surface area contributed by atoms with E-state index >= 15 is 0 Å². The second-order valence-electron chi connectivity index (χ2n) is 6.15. The monoisotopic (exact) mass is 393 g/mol. The number of aromatic nitrogens is 6. The highest BCUT2D eigenvalue weighted by Crippen LogP contribution is 2.19. The number of nitrogens with one attached hydrogen (secondary N) is 1. The molecule has 0 radical (unpaired) electrons. The molecule has 1 atom stereocenters. The lowest BCUT2D eigenvalue weighted by molar-refractivity contribution is 0.0928. The minimum Gasteiger partial charge on any atom is -0.341 e. The molecule has 28 heavy (non-hydrogen) atoms. The maximum atomic E-state index is 12.8. The first-order valence-electron chi connectivity index (χ1n) is 8.83. The van der Waals surface area contributed by atoms with Gasteiger partial charge >= 0.3 is 0 Å². The zero-order valence-corrected chi connectivity index (χ0v) is 16.1. The van der Waals surface area contributed by atoms with Gasteiger partial charge in [0, 0.05) is 6.20 Å². The average molecular weight is 393 g/mol. The molecule has 3 aromatic heterocycles. The fourth-order valence-corrected chi connectivity index (χ4v) is 3.36. The number of amides is 1. The Morgan fingerprint density at radius 1 is 1.14 bits per heavy atom. The molecule has 4 aromatic rings. The Morgan fingerprint density at radius 2 is 1.96 bits per heavy atom. The summed E-state index contributed by atoms with van der Waals surface area (Å²) in [5.41, 5.74) is 1.80. The van der Waals surface area contributed by atoms with Gasteiger partial charge < -0.3 is 5.32 Å². The van der Waals surface area contributed by atoms with Crippen LogP contribution >= 0.6 is 11.8 Å². The van der Waals surface area contributed by atoms with Crippen molar-refractivity contribution in [1.82, 2.24) is 34.9 Å². The summed E-state index contributed by atoms with van der Waals surface area (Å²) in [6.45, 7) is 0. The predicted octanol–water partition coefficient (Wildman–Crippen LogP) is 2.53. The lowest BCUT2D eigenvalue weighted by atomic mass is 10.2. The summed E-state index contributed by atoms with van der Waals surface area (Å²) in [7, 11) is 0. The predicted molar refractivity (Wildman–Crippen MR) is 108 cm³/mol. The highest BCUT2D eigenvalue weighted by Gasteiger charge is 2.22. The van der Waals surface area contributed by atoms with E-state index in [1.165, 1.54) is 11.0 Å². The largest absolute Gasteiger partial charge is 0.341 e. The molecule has 0 fully saturated rings. The van der Waals surface area contributed by atoms with Gasteiger partial charge in [-0.1, -0.05) is 24.3 Å². The molecule has 1 aromatic carbocycles. The summed E-state index contributed by atoms with van der Waals surface area (Å²) in [5.74, 6) is 1.29. The van der Waals surface area contributed by atoms with Crippen LogP contribution in [0.25, 0.3) is 11.3 Å². The number of rotatable bonds is 7. The van der Waals surface area contributed by atoms with Crippen molar-refractivity contribution in [2.45, 2.75) is 12.5 Å². The van der Waals surface area contributed by atoms with E-state index in [-0.39, 0.29) is 17.6 Å². The number of fused-ring (bicyclic) bond motifs is 1. The summed E-state index contributed by atoms with van der Waals surface area (Å²) < 4.78 is 1.89. The van der Waals surface area contributed by atoms with Gasteiger partial charge in [-0.15, -0.1) is 15.3 Å². The van der Waals surface area contributed by atoms with Crippen LogP contribution < -0.4 is 5.32 Å². The Bertz CT molecular complexity index is 1080. The number of thioether (sulfide) groups is 1. The first kappa shape index (κ1) is 18.2. The summed E-state index contributed by atoms with van der Waals surface area (Å²) in [4.78, 5) is 14.2. The summed E-state index contributed by atoms with van der Waals surface area (Å²) in [5, 5.41) is 20.0. The summed E-state index contributed by atoms with van der Waals surface area (Å²) in [6, 6.07) is 14.9. The zero-order chi connectivity index (χ0) is 19.3. The maximum Gasteiger partial charge on any atom is 0.274 e. The molecule has 3 heterocycles. The van der Waals surface area contributed by atoms with Crippen LogP contribution in [-0.2, 0) is 0 Å². The normalized spacial score (nSPS) is 12.2. The van der Waals surface area contributed by atoms with Crippen molar-refractivity contribution in [3.63, 3.8) is 0 Å². The van der Waals surface area contributed by atoms with Gasteiger partial charge in [-0.2, -0.15) is 21.7 Å². The molecule has 0 aliphatic rings. The van der Waals surface area contributed by atoms with Crippen LogP contribution in [0, 0.1) is 0 Å². The van der Waals surface area contributed by atoms with Gasteiger partial charge in [0.05, 0.1) is 17.9 Å². The average Bonchev–Trinajstić information content (AvgIpc) is 3.39. The van der Waals surface area contributed by atoms with E-state index in [0.29, 0.717) is 5.82 Å². The van der Waals surface area contributed by atoms with Crippen LogP contribution in [0.3, 0.4) is 0 Å². The van der Waals surface area contributed by atoms with E-state index in [1.54, 1.807) is 11.8 Å². The third-order valence-corrected chi connectivity index (χ3v) is 4.92. The Balaban J connectivity index is 1.57. The minimum absolute atomic E-state index is 0.256. The molecule has 4 rings (SSSR count). The molecule has 0 spiro atoms. The van der Waals surface area contributed by atoms with E-state index in [2.05, 4.69) is 25.7 Å². The lowest BCUT2D eigenvalue weighted by Gasteiger charge is -2.16. The molecule has 0 saturated heterocycles. The van der Waals surface area contributed by atoms with Crippen molar-refractivity contribution in [1.29, 1.82) is 0 Å². The SMILES string of the molecule is CSCCC(NC(=O)c1cnn(-c2ccccc2)n1)c1nnc2ccccn12. The van der Waals surface area contributed by atoms with E-state index in [0.717, 1.165) is 23.5 Å². The molecule has 0 aliphatic heterocycles. The van der Waals surface area contributed by atoms with E-state index in [9.17, 15) is 4.79 Å². The molecule has 1 N–H and O–H groups in total. The van der Waals surface area contributed by atoms with Gasteiger partial charge in [0.25, 0.3) is 5.91 Å². The smallest absolute Gasteiger partial charge is 0.274 e. The Hall–Kier alpha value is -3.20. The fraction of sp³-hybridized carbons (Fsp3) is 0.211. The van der Waals surface area contributed by atoms with Crippen LogP contribution in [0.15, 0.2) is 60.9 Å². The number of hydrogen-bond acceptors (Lipinski definition) is 6. The van der Waals surface area contributed by atoms with Crippen molar-refractivity contribution in [2.75, 3.05) is 12.0 Å². The van der Waals surface area contributed by atoms with Crippen molar-refractivity contribution < 1.29 is 4.79 Å². The lowest BCUT2D eigenvalue weighted by Crippen LogP contribution is -2.30. The molecular weight excluding hydrogens is 374 g/mol. The van der Waals surface area contributed by atoms with Gasteiger partial charge in [-0.3, -0.25) is 9.20 Å². The first-order chi connectivity index (χ1) is 13.8. The van der Waals surface area contributed by atoms with Crippen molar-refractivity contribution in [2.24, 2.45) is 0 Å². The molecular formula is C19H19N7OS. The Morgan fingerprint density at radius 3 is 2.79 bits per heavy atom. The maximum absolute atomic E-state index is 12.8. The van der Waals surface area contributed by atoms with Gasteiger partial charge in [0.15, 0.2) is 17.2 Å². The van der Waals surface area contributed by atoms with E-state index < -0.39 is 0 Å². The first-order valence-corrected chi connectivity index (χ1v) is 10.2. The van der Waals surface area contributed by atoms with Crippen molar-refractivity contribution in [3.05, 3.63) is 72.4 Å². The van der Waals surface area contributed by atoms with Crippen molar-refractivity contribution >= 4 is 23.3 Å². The van der Waals surface area contributed by atoms with Gasteiger partial charge in [-0.25, -0.2) is 0 Å². The topological polar surface area (TPSA) is 90.0 Å². The third-order valence-electron chi connectivity index (χ3n) is 4.28. The highest BCUT2D eigenvalue weighted by molar-refractivity contribution is 7.98. The Labute approximate surface area is 166 Å². The molecule has 0 saturated carbocycles. The standard InChI is InChI=1S/C19H19N7OS/c1-28-12-10-15(18-23-22-17-9-5-6-11-25(17)18)21-19(27)16-13-20-26(24-16)14-7-3-2-4-8-14/h2-9,11,13,15H,10,12H2,1H3,(H,21,27). The number of carbonyl (C=O) groups excluding carboxylic acids is 1. The number of carbonyl (C=O) groups is 1. The third kappa shape index (κ3) is 3.74. The zero-order valence-electron chi connectivity index (χ0n) is 15.3. The Kier molecular flexibility index (Phi) is 5.34. The molecule has 8 nitrogen and oxygen atoms in total. The number of nitrogens with zero attached hydrogens (tertiary/aromatic N) is 6. The minimum atomic E-state index is -0.291. The quantitative estimate of drug-likeness (QED) is 0.519. The molecule has 9 heteroatoms. The van der Waals surface area contributed by atoms with Crippen LogP contribution in [0.2, 0.25) is 0 Å². The molecule has 0 bridgehead atoms. The van der Waals surface area contributed by atoms with Crippen LogP contribution in [0.4, 0.5) is 0 Å². The van der Waals surface area contributed by atoms with E-state index in [4.69, 9.17) is 0 Å². The highest BCUT2D eigenvalue weighted by atomic mass is 32.2. The van der Waals surface area contributed by atoms with Gasteiger partial charge in [0.1, 0.15) is 0 Å². The van der Waals surface area contributed by atoms with Gasteiger partial charge in [0.2, 0.25) is 0 Å². The second kappa shape index (κ2) is 8.22. The molecule has 1 unspecified atom stereocenters. The van der Waals surface area contributed by atoms with Crippen molar-refractivity contribution in [3.8, 4) is 5.69 Å². The molecule has 142 valence electrons. The van der Waals surface area contributed by atoms with Crippen LogP contribution in [-0.4, -0.2) is 47.5 Å². The number of benzene rings is 1. The molecule has 1 amide bonds. The number of para-hydroxylation sites is 1. The number of hydrogen-bond donors (Lipinski definition) is 1. The number of pyridine rings is 1. The second-order valence-corrected chi connectivity index (χ2v) is 7.13. The van der Waals surface area contributed by atoms with Gasteiger partial charge in [-0.05, 0) is 42.7 Å². The molecule has 0 aliphatic carbocycles. The van der Waals surface area contributed by atoms with Crippen LogP contribution in [0.5, 0.6) is 0 Å².